The molecule has 0 spiro atoms. The largest absolute Gasteiger partial charge is 0.504 e. The lowest BCUT2D eigenvalue weighted by molar-refractivity contribution is -0.137. The average Bonchev–Trinajstić information content (AvgIpc) is 2.17. The Kier molecular flexibility index (Phi) is 6.76. The number of aromatic hydroxyl groups is 1. The van der Waals surface area contributed by atoms with Crippen molar-refractivity contribution in [1.82, 2.24) is 0 Å². The first-order valence-corrected chi connectivity index (χ1v) is 5.01. The number of rotatable bonds is 3. The number of aliphatic carboxylic acids is 1. The zero-order valence-corrected chi connectivity index (χ0v) is 9.80. The van der Waals surface area contributed by atoms with Crippen LogP contribution in [0.3, 0.4) is 0 Å². The lowest BCUT2D eigenvalue weighted by Gasteiger charge is -1.99. The van der Waals surface area contributed by atoms with E-state index >= 15 is 0 Å². The highest BCUT2D eigenvalue weighted by Gasteiger charge is 1.98. The van der Waals surface area contributed by atoms with Crippen LogP contribution in [0.25, 0.3) is 0 Å². The molecule has 0 aliphatic carbocycles. The summed E-state index contributed by atoms with van der Waals surface area (Å²) in [6.07, 6.45) is 0.278. The fourth-order valence-electron chi connectivity index (χ4n) is 0.979. The maximum atomic E-state index is 9.81. The van der Waals surface area contributed by atoms with Gasteiger partial charge in [-0.2, -0.15) is 0 Å². The van der Waals surface area contributed by atoms with E-state index in [9.17, 15) is 4.79 Å². The van der Waals surface area contributed by atoms with Crippen molar-refractivity contribution in [3.63, 3.8) is 0 Å². The Morgan fingerprint density at radius 2 is 1.94 bits per heavy atom. The molecule has 1 aromatic rings. The predicted octanol–water partition coefficient (Wildman–Crippen LogP) is 2.52. The van der Waals surface area contributed by atoms with Crippen LogP contribution < -0.4 is 4.74 Å². The zero-order chi connectivity index (χ0) is 12.6. The van der Waals surface area contributed by atoms with Crippen molar-refractivity contribution in [2.75, 3.05) is 7.11 Å². The molecule has 0 unspecified atom stereocenters. The first-order valence-electron chi connectivity index (χ1n) is 5.01. The maximum Gasteiger partial charge on any atom is 0.303 e. The van der Waals surface area contributed by atoms with E-state index in [0.29, 0.717) is 5.75 Å². The minimum atomic E-state index is -0.713. The van der Waals surface area contributed by atoms with Crippen molar-refractivity contribution >= 4 is 5.97 Å². The first kappa shape index (κ1) is 14.3. The van der Waals surface area contributed by atoms with E-state index in [2.05, 4.69) is 0 Å². The number of phenols is 1. The average molecular weight is 226 g/mol. The Labute approximate surface area is 95.5 Å². The summed E-state index contributed by atoms with van der Waals surface area (Å²) in [5.74, 6) is 0.255. The summed E-state index contributed by atoms with van der Waals surface area (Å²) < 4.78 is 4.79. The molecule has 0 atom stereocenters. The monoisotopic (exact) mass is 226 g/mol. The lowest BCUT2D eigenvalue weighted by Crippen LogP contribution is -1.99. The summed E-state index contributed by atoms with van der Waals surface area (Å²) in [7, 11) is 1.52. The minimum Gasteiger partial charge on any atom is -0.504 e. The topological polar surface area (TPSA) is 66.8 Å². The van der Waals surface area contributed by atoms with Gasteiger partial charge >= 0.3 is 5.97 Å². The molecule has 4 nitrogen and oxygen atoms in total. The van der Waals surface area contributed by atoms with Gasteiger partial charge in [0.2, 0.25) is 0 Å². The van der Waals surface area contributed by atoms with Gasteiger partial charge in [0, 0.05) is 6.42 Å². The molecule has 0 radical (unpaired) electrons. The van der Waals surface area contributed by atoms with Gasteiger partial charge in [-0.15, -0.1) is 0 Å². The number of phenolic OH excluding ortho intramolecular Hbond substituents is 1. The molecule has 1 rings (SSSR count). The predicted molar refractivity (Wildman–Crippen MR) is 61.7 cm³/mol. The number of carbonyl (C=O) groups is 1. The zero-order valence-electron chi connectivity index (χ0n) is 9.80. The summed E-state index contributed by atoms with van der Waals surface area (Å²) in [6, 6.07) is 6.84. The highest BCUT2D eigenvalue weighted by atomic mass is 16.5. The number of benzene rings is 1. The fourth-order valence-corrected chi connectivity index (χ4v) is 0.979. The standard InChI is InChI=1S/C7H8O2.C5H10O2/c1-9-7-5-3-2-4-6(7)8;1-4(2)3-5(6)7/h2-5,8H,1H3;4H,3H2,1-2H3,(H,6,7). The summed E-state index contributed by atoms with van der Waals surface area (Å²) in [5, 5.41) is 17.1. The molecule has 0 amide bonds. The van der Waals surface area contributed by atoms with Gasteiger partial charge in [-0.05, 0) is 18.1 Å². The number of hydrogen-bond donors (Lipinski definition) is 2. The third-order valence-electron chi connectivity index (χ3n) is 1.67. The quantitative estimate of drug-likeness (QED) is 0.831. The maximum absolute atomic E-state index is 9.81. The molecule has 0 fully saturated rings. The second-order valence-corrected chi connectivity index (χ2v) is 3.66. The van der Waals surface area contributed by atoms with E-state index in [-0.39, 0.29) is 18.1 Å². The third kappa shape index (κ3) is 6.70. The van der Waals surface area contributed by atoms with E-state index in [1.165, 1.54) is 7.11 Å². The highest BCUT2D eigenvalue weighted by molar-refractivity contribution is 5.66. The Balaban J connectivity index is 0.000000293. The molecular formula is C12H18O4. The van der Waals surface area contributed by atoms with E-state index < -0.39 is 5.97 Å². The van der Waals surface area contributed by atoms with Crippen LogP contribution in [0.1, 0.15) is 20.3 Å². The number of ether oxygens (including phenoxy) is 1. The number of carboxylic acids is 1. The number of carboxylic acid groups (broad SMARTS) is 1. The van der Waals surface area contributed by atoms with Crippen molar-refractivity contribution in [3.8, 4) is 11.5 Å². The molecule has 0 aliphatic heterocycles. The fraction of sp³-hybridized carbons (Fsp3) is 0.417. The van der Waals surface area contributed by atoms with Crippen LogP contribution in [-0.2, 0) is 4.79 Å². The van der Waals surface area contributed by atoms with Crippen molar-refractivity contribution < 1.29 is 19.7 Å². The minimum absolute atomic E-state index is 0.181. The summed E-state index contributed by atoms with van der Waals surface area (Å²) in [4.78, 5) is 9.81. The van der Waals surface area contributed by atoms with Crippen LogP contribution in [0.2, 0.25) is 0 Å². The molecule has 0 aromatic heterocycles. The molecule has 1 aromatic carbocycles. The summed E-state index contributed by atoms with van der Waals surface area (Å²) in [5.41, 5.74) is 0. The van der Waals surface area contributed by atoms with Crippen LogP contribution in [-0.4, -0.2) is 23.3 Å². The van der Waals surface area contributed by atoms with Gasteiger partial charge in [0.1, 0.15) is 0 Å². The Morgan fingerprint density at radius 1 is 1.38 bits per heavy atom. The molecule has 0 bridgehead atoms. The molecule has 16 heavy (non-hydrogen) atoms. The Bertz CT molecular complexity index is 321. The van der Waals surface area contributed by atoms with Gasteiger partial charge in [-0.3, -0.25) is 4.79 Å². The third-order valence-corrected chi connectivity index (χ3v) is 1.67. The Morgan fingerprint density at radius 3 is 2.19 bits per heavy atom. The van der Waals surface area contributed by atoms with Crippen LogP contribution in [0, 0.1) is 5.92 Å². The van der Waals surface area contributed by atoms with Crippen LogP contribution >= 0.6 is 0 Å². The van der Waals surface area contributed by atoms with E-state index in [1.54, 1.807) is 24.3 Å². The van der Waals surface area contributed by atoms with Gasteiger partial charge in [-0.1, -0.05) is 26.0 Å². The molecule has 0 saturated carbocycles. The summed E-state index contributed by atoms with van der Waals surface area (Å²) in [6.45, 7) is 3.77. The number of hydrogen-bond acceptors (Lipinski definition) is 3. The van der Waals surface area contributed by atoms with Crippen molar-refractivity contribution in [3.05, 3.63) is 24.3 Å². The molecule has 90 valence electrons. The van der Waals surface area contributed by atoms with E-state index in [1.807, 2.05) is 13.8 Å². The second kappa shape index (κ2) is 7.56. The van der Waals surface area contributed by atoms with Gasteiger partial charge in [0.15, 0.2) is 11.5 Å². The molecular weight excluding hydrogens is 208 g/mol. The Hall–Kier alpha value is -1.71. The van der Waals surface area contributed by atoms with Crippen molar-refractivity contribution in [1.29, 1.82) is 0 Å². The van der Waals surface area contributed by atoms with Gasteiger partial charge in [0.05, 0.1) is 7.11 Å². The number of para-hydroxylation sites is 2. The lowest BCUT2D eigenvalue weighted by atomic mass is 10.1. The van der Waals surface area contributed by atoms with Crippen molar-refractivity contribution in [2.24, 2.45) is 5.92 Å². The molecule has 4 heteroatoms. The molecule has 0 aliphatic rings. The number of methoxy groups -OCH3 is 1. The SMILES string of the molecule is CC(C)CC(=O)O.COc1ccccc1O. The normalized spacial score (nSPS) is 9.25. The van der Waals surface area contributed by atoms with E-state index in [4.69, 9.17) is 14.9 Å². The molecule has 2 N–H and O–H groups in total. The van der Waals surface area contributed by atoms with Crippen LogP contribution in [0.5, 0.6) is 11.5 Å². The summed E-state index contributed by atoms with van der Waals surface area (Å²) >= 11 is 0. The molecule has 0 saturated heterocycles. The van der Waals surface area contributed by atoms with Gasteiger partial charge < -0.3 is 14.9 Å². The van der Waals surface area contributed by atoms with Gasteiger partial charge in [-0.25, -0.2) is 0 Å². The van der Waals surface area contributed by atoms with Crippen molar-refractivity contribution in [2.45, 2.75) is 20.3 Å². The van der Waals surface area contributed by atoms with Crippen LogP contribution in [0.15, 0.2) is 24.3 Å². The first-order chi connectivity index (χ1) is 7.47. The van der Waals surface area contributed by atoms with Crippen LogP contribution in [0.4, 0.5) is 0 Å². The molecule has 0 heterocycles. The van der Waals surface area contributed by atoms with E-state index in [0.717, 1.165) is 0 Å². The highest BCUT2D eigenvalue weighted by Crippen LogP contribution is 2.22. The second-order valence-electron chi connectivity index (χ2n) is 3.66. The van der Waals surface area contributed by atoms with Gasteiger partial charge in [0.25, 0.3) is 0 Å². The smallest absolute Gasteiger partial charge is 0.303 e.